The number of hydrogen-bond acceptors (Lipinski definition) is 3. The van der Waals surface area contributed by atoms with Gasteiger partial charge in [0, 0.05) is 12.2 Å². The molecule has 1 aromatic carbocycles. The van der Waals surface area contributed by atoms with E-state index in [4.69, 9.17) is 0 Å². The molecule has 1 aliphatic rings. The molecule has 0 bridgehead atoms. The molecule has 1 fully saturated rings. The molecule has 2 rings (SSSR count). The van der Waals surface area contributed by atoms with E-state index in [0.717, 1.165) is 36.8 Å². The molecule has 0 unspecified atom stereocenters. The molecule has 0 aliphatic heterocycles. The fourth-order valence-electron chi connectivity index (χ4n) is 2.90. The molecule has 1 saturated carbocycles. The van der Waals surface area contributed by atoms with Gasteiger partial charge >= 0.3 is 11.8 Å². The van der Waals surface area contributed by atoms with Crippen molar-refractivity contribution in [3.8, 4) is 0 Å². The van der Waals surface area contributed by atoms with Gasteiger partial charge in [-0.25, -0.2) is 0 Å². The average molecular weight is 318 g/mol. The van der Waals surface area contributed by atoms with E-state index in [1.807, 2.05) is 26.0 Å². The van der Waals surface area contributed by atoms with Crippen molar-refractivity contribution in [2.75, 3.05) is 11.9 Å². The lowest BCUT2D eigenvalue weighted by Crippen LogP contribution is -2.46. The summed E-state index contributed by atoms with van der Waals surface area (Å²) in [6.07, 6.45) is 5.49. The molecule has 0 heterocycles. The molecule has 0 aromatic heterocycles. The Morgan fingerprint density at radius 2 is 1.70 bits per heavy atom. The Balaban J connectivity index is 1.87. The first-order chi connectivity index (χ1) is 10.9. The van der Waals surface area contributed by atoms with Gasteiger partial charge in [0.05, 0.1) is 5.60 Å². The normalized spacial score (nSPS) is 17.2. The maximum Gasteiger partial charge on any atom is 0.313 e. The quantitative estimate of drug-likeness (QED) is 0.592. The zero-order valence-electron chi connectivity index (χ0n) is 13.9. The molecular formula is C18H26N2O3. The van der Waals surface area contributed by atoms with Crippen molar-refractivity contribution in [1.29, 1.82) is 0 Å². The van der Waals surface area contributed by atoms with E-state index in [0.29, 0.717) is 18.5 Å². The zero-order chi connectivity index (χ0) is 16.9. The molecule has 0 saturated heterocycles. The number of aryl methyl sites for hydroxylation is 2. The van der Waals surface area contributed by atoms with Crippen LogP contribution < -0.4 is 10.6 Å². The smallest absolute Gasteiger partial charge is 0.313 e. The van der Waals surface area contributed by atoms with E-state index < -0.39 is 17.4 Å². The number of amides is 2. The van der Waals surface area contributed by atoms with Gasteiger partial charge in [0.15, 0.2) is 0 Å². The van der Waals surface area contributed by atoms with Crippen molar-refractivity contribution < 1.29 is 14.7 Å². The van der Waals surface area contributed by atoms with Crippen LogP contribution in [0, 0.1) is 13.8 Å². The van der Waals surface area contributed by atoms with Crippen LogP contribution in [0.15, 0.2) is 18.2 Å². The van der Waals surface area contributed by atoms with Crippen LogP contribution in [-0.2, 0) is 9.59 Å². The molecule has 0 radical (unpaired) electrons. The minimum absolute atomic E-state index is 0.131. The average Bonchev–Trinajstić information content (AvgIpc) is 2.74. The van der Waals surface area contributed by atoms with Crippen LogP contribution in [0.2, 0.25) is 0 Å². The van der Waals surface area contributed by atoms with E-state index in [2.05, 4.69) is 10.6 Å². The number of benzene rings is 1. The lowest BCUT2D eigenvalue weighted by atomic mass is 9.94. The van der Waals surface area contributed by atoms with Crippen molar-refractivity contribution in [3.05, 3.63) is 29.3 Å². The summed E-state index contributed by atoms with van der Waals surface area (Å²) in [7, 11) is 0. The maximum absolute atomic E-state index is 11.9. The Labute approximate surface area is 137 Å². The van der Waals surface area contributed by atoms with Gasteiger partial charge in [0.1, 0.15) is 0 Å². The van der Waals surface area contributed by atoms with E-state index in [1.54, 1.807) is 6.07 Å². The van der Waals surface area contributed by atoms with Crippen LogP contribution in [0.25, 0.3) is 0 Å². The number of carbonyl (C=O) groups excluding carboxylic acids is 2. The highest BCUT2D eigenvalue weighted by molar-refractivity contribution is 6.39. The molecule has 0 atom stereocenters. The van der Waals surface area contributed by atoms with Gasteiger partial charge in [0.2, 0.25) is 0 Å². The summed E-state index contributed by atoms with van der Waals surface area (Å²) in [5.41, 5.74) is 1.90. The first-order valence-corrected chi connectivity index (χ1v) is 8.28. The Morgan fingerprint density at radius 3 is 2.30 bits per heavy atom. The highest BCUT2D eigenvalue weighted by atomic mass is 16.3. The number of nitrogens with one attached hydrogen (secondary N) is 2. The Kier molecular flexibility index (Phi) is 5.77. The van der Waals surface area contributed by atoms with E-state index in [9.17, 15) is 14.7 Å². The number of hydrogen-bond donors (Lipinski definition) is 3. The van der Waals surface area contributed by atoms with Gasteiger partial charge in [-0.15, -0.1) is 0 Å². The number of carbonyl (C=O) groups is 2. The molecule has 1 aliphatic carbocycles. The number of aliphatic hydroxyl groups is 1. The second-order valence-corrected chi connectivity index (χ2v) is 6.57. The lowest BCUT2D eigenvalue weighted by Gasteiger charge is -2.26. The van der Waals surface area contributed by atoms with Crippen LogP contribution in [0.5, 0.6) is 0 Å². The molecule has 2 amide bonds. The van der Waals surface area contributed by atoms with Crippen LogP contribution in [0.3, 0.4) is 0 Å². The van der Waals surface area contributed by atoms with Gasteiger partial charge in [-0.1, -0.05) is 31.7 Å². The number of rotatable bonds is 3. The summed E-state index contributed by atoms with van der Waals surface area (Å²) < 4.78 is 0. The SMILES string of the molecule is Cc1ccc(NC(=O)C(=O)NCC2(O)CCCCCC2)cc1C. The van der Waals surface area contributed by atoms with E-state index in [-0.39, 0.29) is 6.54 Å². The third-order valence-electron chi connectivity index (χ3n) is 4.58. The van der Waals surface area contributed by atoms with Crippen LogP contribution in [0.4, 0.5) is 5.69 Å². The van der Waals surface area contributed by atoms with Gasteiger partial charge < -0.3 is 15.7 Å². The van der Waals surface area contributed by atoms with Gasteiger partial charge in [-0.05, 0) is 49.9 Å². The summed E-state index contributed by atoms with van der Waals surface area (Å²) in [6.45, 7) is 4.07. The summed E-state index contributed by atoms with van der Waals surface area (Å²) in [6, 6.07) is 5.50. The molecule has 3 N–H and O–H groups in total. The molecule has 0 spiro atoms. The second-order valence-electron chi connectivity index (χ2n) is 6.57. The molecular weight excluding hydrogens is 292 g/mol. The van der Waals surface area contributed by atoms with Crippen molar-refractivity contribution in [1.82, 2.24) is 5.32 Å². The Bertz CT molecular complexity index is 576. The van der Waals surface area contributed by atoms with Gasteiger partial charge in [0.25, 0.3) is 0 Å². The van der Waals surface area contributed by atoms with E-state index in [1.165, 1.54) is 0 Å². The molecule has 126 valence electrons. The summed E-state index contributed by atoms with van der Waals surface area (Å²) in [4.78, 5) is 23.9. The topological polar surface area (TPSA) is 78.4 Å². The fraction of sp³-hybridized carbons (Fsp3) is 0.556. The first kappa shape index (κ1) is 17.5. The summed E-state index contributed by atoms with van der Waals surface area (Å²) in [5, 5.41) is 15.6. The molecule has 5 heteroatoms. The number of anilines is 1. The minimum Gasteiger partial charge on any atom is -0.388 e. The van der Waals surface area contributed by atoms with Crippen molar-refractivity contribution in [2.24, 2.45) is 0 Å². The van der Waals surface area contributed by atoms with Gasteiger partial charge in [-0.3, -0.25) is 9.59 Å². The Morgan fingerprint density at radius 1 is 1.04 bits per heavy atom. The molecule has 1 aromatic rings. The highest BCUT2D eigenvalue weighted by Gasteiger charge is 2.29. The van der Waals surface area contributed by atoms with Crippen molar-refractivity contribution >= 4 is 17.5 Å². The lowest BCUT2D eigenvalue weighted by molar-refractivity contribution is -0.136. The predicted molar refractivity (Wildman–Crippen MR) is 90.2 cm³/mol. The van der Waals surface area contributed by atoms with Crippen LogP contribution in [-0.4, -0.2) is 29.1 Å². The minimum atomic E-state index is -0.882. The zero-order valence-corrected chi connectivity index (χ0v) is 13.9. The van der Waals surface area contributed by atoms with Crippen LogP contribution >= 0.6 is 0 Å². The van der Waals surface area contributed by atoms with E-state index >= 15 is 0 Å². The van der Waals surface area contributed by atoms with Crippen LogP contribution in [0.1, 0.15) is 49.7 Å². The molecule has 5 nitrogen and oxygen atoms in total. The predicted octanol–water partition coefficient (Wildman–Crippen LogP) is 2.44. The monoisotopic (exact) mass is 318 g/mol. The third kappa shape index (κ3) is 5.06. The fourth-order valence-corrected chi connectivity index (χ4v) is 2.90. The standard InChI is InChI=1S/C18H26N2O3/c1-13-7-8-15(11-14(13)2)20-17(22)16(21)19-12-18(23)9-5-3-4-6-10-18/h7-8,11,23H,3-6,9-10,12H2,1-2H3,(H,19,21)(H,20,22). The maximum atomic E-state index is 11.9. The van der Waals surface area contributed by atoms with Crippen molar-refractivity contribution in [3.63, 3.8) is 0 Å². The molecule has 23 heavy (non-hydrogen) atoms. The summed E-state index contributed by atoms with van der Waals surface area (Å²) in [5.74, 6) is -1.41. The van der Waals surface area contributed by atoms with Gasteiger partial charge in [-0.2, -0.15) is 0 Å². The summed E-state index contributed by atoms with van der Waals surface area (Å²) >= 11 is 0. The Hall–Kier alpha value is -1.88. The third-order valence-corrected chi connectivity index (χ3v) is 4.58. The van der Waals surface area contributed by atoms with Crippen molar-refractivity contribution in [2.45, 2.75) is 58.0 Å². The largest absolute Gasteiger partial charge is 0.388 e. The first-order valence-electron chi connectivity index (χ1n) is 8.28. The second kappa shape index (κ2) is 7.59. The highest BCUT2D eigenvalue weighted by Crippen LogP contribution is 2.26.